The second kappa shape index (κ2) is 5.02. The van der Waals surface area contributed by atoms with E-state index in [2.05, 4.69) is 0 Å². The predicted octanol–water partition coefficient (Wildman–Crippen LogP) is 3.06. The van der Waals surface area contributed by atoms with Gasteiger partial charge in [-0.15, -0.1) is 12.4 Å². The molecule has 1 aliphatic carbocycles. The largest absolute Gasteiger partial charge is 0.507 e. The molecule has 1 atom stereocenters. The molecule has 2 nitrogen and oxygen atoms in total. The first kappa shape index (κ1) is 13.3. The van der Waals surface area contributed by atoms with E-state index in [0.29, 0.717) is 17.0 Å². The van der Waals surface area contributed by atoms with Crippen molar-refractivity contribution in [3.8, 4) is 5.75 Å². The summed E-state index contributed by atoms with van der Waals surface area (Å²) in [5.41, 5.74) is 7.12. The van der Waals surface area contributed by atoms with Gasteiger partial charge in [0.15, 0.2) is 0 Å². The van der Waals surface area contributed by atoms with Gasteiger partial charge in [0.1, 0.15) is 11.6 Å². The number of aryl methyl sites for hydroxylation is 1. The zero-order valence-corrected chi connectivity index (χ0v) is 10.1. The van der Waals surface area contributed by atoms with Crippen LogP contribution in [0.25, 0.3) is 0 Å². The van der Waals surface area contributed by atoms with E-state index in [1.165, 1.54) is 18.6 Å². The summed E-state index contributed by atoms with van der Waals surface area (Å²) in [6, 6.07) is 2.45. The molecule has 16 heavy (non-hydrogen) atoms. The molecule has 0 aliphatic heterocycles. The summed E-state index contributed by atoms with van der Waals surface area (Å²) in [6.45, 7) is 1.69. The van der Waals surface area contributed by atoms with Gasteiger partial charge >= 0.3 is 0 Å². The lowest BCUT2D eigenvalue weighted by Crippen LogP contribution is -2.27. The minimum Gasteiger partial charge on any atom is -0.507 e. The van der Waals surface area contributed by atoms with Crippen molar-refractivity contribution in [1.29, 1.82) is 0 Å². The molecule has 4 heteroatoms. The van der Waals surface area contributed by atoms with Gasteiger partial charge in [-0.25, -0.2) is 4.39 Å². The molecule has 0 amide bonds. The standard InChI is InChI=1S/C12H16FNO.ClH/c1-7-5-9(13)6-10(12(7)15)11(14)8-3-2-4-8;/h5-6,8,11,15H,2-4,14H2,1H3;1H/t11-;/m1./s1. The number of benzene rings is 1. The van der Waals surface area contributed by atoms with Crippen molar-refractivity contribution >= 4 is 12.4 Å². The van der Waals surface area contributed by atoms with Crippen LogP contribution in [-0.2, 0) is 0 Å². The van der Waals surface area contributed by atoms with Crippen LogP contribution in [0.3, 0.4) is 0 Å². The molecule has 0 spiro atoms. The fraction of sp³-hybridized carbons (Fsp3) is 0.500. The van der Waals surface area contributed by atoms with Crippen LogP contribution in [0.5, 0.6) is 5.75 Å². The number of nitrogens with two attached hydrogens (primary N) is 1. The van der Waals surface area contributed by atoms with Crippen LogP contribution in [0.1, 0.15) is 36.4 Å². The Bertz CT molecular complexity index is 380. The molecule has 2 rings (SSSR count). The molecular formula is C12H17ClFNO. The molecule has 0 heterocycles. The SMILES string of the molecule is Cc1cc(F)cc([C@H](N)C2CCC2)c1O.Cl. The average molecular weight is 246 g/mol. The summed E-state index contributed by atoms with van der Waals surface area (Å²) in [7, 11) is 0. The summed E-state index contributed by atoms with van der Waals surface area (Å²) in [6.07, 6.45) is 3.35. The van der Waals surface area contributed by atoms with E-state index in [0.717, 1.165) is 12.8 Å². The smallest absolute Gasteiger partial charge is 0.124 e. The van der Waals surface area contributed by atoms with E-state index >= 15 is 0 Å². The average Bonchev–Trinajstić information content (AvgIpc) is 2.08. The van der Waals surface area contributed by atoms with Crippen molar-refractivity contribution in [2.45, 2.75) is 32.2 Å². The second-order valence-electron chi connectivity index (χ2n) is 4.38. The number of halogens is 2. The van der Waals surface area contributed by atoms with Crippen molar-refractivity contribution in [2.75, 3.05) is 0 Å². The lowest BCUT2D eigenvalue weighted by atomic mass is 9.77. The predicted molar refractivity (Wildman–Crippen MR) is 64.3 cm³/mol. The van der Waals surface area contributed by atoms with Crippen molar-refractivity contribution in [3.05, 3.63) is 29.1 Å². The number of rotatable bonds is 2. The van der Waals surface area contributed by atoms with Gasteiger partial charge in [-0.2, -0.15) is 0 Å². The molecule has 1 aromatic carbocycles. The zero-order chi connectivity index (χ0) is 11.0. The van der Waals surface area contributed by atoms with Crippen molar-refractivity contribution in [3.63, 3.8) is 0 Å². The van der Waals surface area contributed by atoms with Crippen LogP contribution in [0.15, 0.2) is 12.1 Å². The third-order valence-electron chi connectivity index (χ3n) is 3.31. The van der Waals surface area contributed by atoms with Crippen LogP contribution in [-0.4, -0.2) is 5.11 Å². The summed E-state index contributed by atoms with van der Waals surface area (Å²) in [5.74, 6) is 0.225. The second-order valence-corrected chi connectivity index (χ2v) is 4.38. The highest BCUT2D eigenvalue weighted by molar-refractivity contribution is 5.85. The number of hydrogen-bond acceptors (Lipinski definition) is 2. The third kappa shape index (κ3) is 2.30. The molecular weight excluding hydrogens is 229 g/mol. The first-order valence-electron chi connectivity index (χ1n) is 5.34. The van der Waals surface area contributed by atoms with E-state index in [1.54, 1.807) is 6.92 Å². The van der Waals surface area contributed by atoms with Crippen LogP contribution < -0.4 is 5.73 Å². The van der Waals surface area contributed by atoms with Gasteiger partial charge in [0.2, 0.25) is 0 Å². The highest BCUT2D eigenvalue weighted by Gasteiger charge is 2.27. The molecule has 0 bridgehead atoms. The van der Waals surface area contributed by atoms with Gasteiger partial charge in [0.05, 0.1) is 0 Å². The maximum Gasteiger partial charge on any atom is 0.124 e. The van der Waals surface area contributed by atoms with Crippen molar-refractivity contribution in [2.24, 2.45) is 11.7 Å². The quantitative estimate of drug-likeness (QED) is 0.841. The van der Waals surface area contributed by atoms with E-state index in [-0.39, 0.29) is 30.0 Å². The Hall–Kier alpha value is -0.800. The molecule has 0 saturated heterocycles. The van der Waals surface area contributed by atoms with E-state index in [4.69, 9.17) is 5.73 Å². The van der Waals surface area contributed by atoms with E-state index in [9.17, 15) is 9.50 Å². The molecule has 0 unspecified atom stereocenters. The van der Waals surface area contributed by atoms with Gasteiger partial charge in [-0.1, -0.05) is 6.42 Å². The van der Waals surface area contributed by atoms with Crippen LogP contribution in [0.2, 0.25) is 0 Å². The van der Waals surface area contributed by atoms with Gasteiger partial charge in [0.25, 0.3) is 0 Å². The zero-order valence-electron chi connectivity index (χ0n) is 9.24. The van der Waals surface area contributed by atoms with E-state index < -0.39 is 0 Å². The topological polar surface area (TPSA) is 46.2 Å². The highest BCUT2D eigenvalue weighted by atomic mass is 35.5. The minimum atomic E-state index is -0.324. The van der Waals surface area contributed by atoms with Crippen molar-refractivity contribution < 1.29 is 9.50 Å². The van der Waals surface area contributed by atoms with Crippen molar-refractivity contribution in [1.82, 2.24) is 0 Å². The van der Waals surface area contributed by atoms with Gasteiger partial charge in [0, 0.05) is 11.6 Å². The van der Waals surface area contributed by atoms with Gasteiger partial charge < -0.3 is 10.8 Å². The molecule has 1 fully saturated rings. The Labute approximate surface area is 101 Å². The summed E-state index contributed by atoms with van der Waals surface area (Å²) < 4.78 is 13.2. The maximum absolute atomic E-state index is 13.2. The summed E-state index contributed by atoms with van der Waals surface area (Å²) in [4.78, 5) is 0. The molecule has 1 aliphatic rings. The fourth-order valence-electron chi connectivity index (χ4n) is 2.07. The summed E-state index contributed by atoms with van der Waals surface area (Å²) >= 11 is 0. The number of phenols is 1. The Balaban J connectivity index is 0.00000128. The van der Waals surface area contributed by atoms with Gasteiger partial charge in [-0.3, -0.25) is 0 Å². The van der Waals surface area contributed by atoms with E-state index in [1.807, 2.05) is 0 Å². The molecule has 3 N–H and O–H groups in total. The number of aromatic hydroxyl groups is 1. The molecule has 90 valence electrons. The molecule has 1 aromatic rings. The minimum absolute atomic E-state index is 0. The Morgan fingerprint density at radius 3 is 2.56 bits per heavy atom. The Morgan fingerprint density at radius 2 is 2.06 bits per heavy atom. The van der Waals surface area contributed by atoms with Crippen LogP contribution in [0, 0.1) is 18.7 Å². The fourth-order valence-corrected chi connectivity index (χ4v) is 2.07. The third-order valence-corrected chi connectivity index (χ3v) is 3.31. The molecule has 0 aromatic heterocycles. The molecule has 0 radical (unpaired) electrons. The molecule has 1 saturated carbocycles. The Morgan fingerprint density at radius 1 is 1.44 bits per heavy atom. The summed E-state index contributed by atoms with van der Waals surface area (Å²) in [5, 5.41) is 9.81. The highest BCUT2D eigenvalue weighted by Crippen LogP contribution is 2.39. The first-order valence-corrected chi connectivity index (χ1v) is 5.34. The van der Waals surface area contributed by atoms with Crippen LogP contribution in [0.4, 0.5) is 4.39 Å². The number of phenolic OH excluding ortho intramolecular Hbond substituents is 1. The van der Waals surface area contributed by atoms with Gasteiger partial charge in [-0.05, 0) is 43.4 Å². The maximum atomic E-state index is 13.2. The normalized spacial score (nSPS) is 17.4. The number of hydrogen-bond donors (Lipinski definition) is 2. The lowest BCUT2D eigenvalue weighted by molar-refractivity contribution is 0.260. The monoisotopic (exact) mass is 245 g/mol. The lowest BCUT2D eigenvalue weighted by Gasteiger charge is -2.32. The Kier molecular flexibility index (Phi) is 4.16. The van der Waals surface area contributed by atoms with Crippen LogP contribution >= 0.6 is 12.4 Å². The first-order chi connectivity index (χ1) is 7.09.